The Balaban J connectivity index is 1.43. The molecule has 1 N–H and O–H groups in total. The van der Waals surface area contributed by atoms with E-state index in [-0.39, 0.29) is 34.0 Å². The summed E-state index contributed by atoms with van der Waals surface area (Å²) < 4.78 is 52.5. The van der Waals surface area contributed by atoms with Crippen LogP contribution < -0.4 is 9.46 Å². The van der Waals surface area contributed by atoms with Gasteiger partial charge in [0.15, 0.2) is 6.61 Å². The van der Waals surface area contributed by atoms with Crippen LogP contribution in [0.5, 0.6) is 5.75 Å². The van der Waals surface area contributed by atoms with Gasteiger partial charge in [0.1, 0.15) is 16.5 Å². The van der Waals surface area contributed by atoms with Crippen molar-refractivity contribution in [1.29, 1.82) is 0 Å². The van der Waals surface area contributed by atoms with E-state index in [2.05, 4.69) is 25.5 Å². The highest BCUT2D eigenvalue weighted by Gasteiger charge is 2.50. The molecule has 2 aliphatic rings. The molecule has 1 amide bonds. The van der Waals surface area contributed by atoms with Gasteiger partial charge in [-0.1, -0.05) is 20.8 Å². The van der Waals surface area contributed by atoms with Gasteiger partial charge in [-0.3, -0.25) is 9.52 Å². The van der Waals surface area contributed by atoms with E-state index < -0.39 is 33.3 Å². The average molecular weight is 519 g/mol. The van der Waals surface area contributed by atoms with Crippen LogP contribution in [0.4, 0.5) is 10.1 Å². The van der Waals surface area contributed by atoms with Crippen LogP contribution >= 0.6 is 0 Å². The highest BCUT2D eigenvalue weighted by Crippen LogP contribution is 2.52. The van der Waals surface area contributed by atoms with Crippen molar-refractivity contribution in [2.45, 2.75) is 51.0 Å². The monoisotopic (exact) mass is 518 g/mol. The summed E-state index contributed by atoms with van der Waals surface area (Å²) in [5.41, 5.74) is 0.205. The number of fused-ring (bicyclic) bond motifs is 2. The number of anilines is 1. The zero-order chi connectivity index (χ0) is 26.3. The number of esters is 1. The van der Waals surface area contributed by atoms with Crippen LogP contribution in [0, 0.1) is 16.6 Å². The SMILES string of the molecule is COc1ccc(NS(=O)(=O)c2cc(C(=O)OCC(=O)N3CC4(C)CC3CC(C)(C)C4)ccc2F)cc1. The number of benzene rings is 2. The van der Waals surface area contributed by atoms with E-state index in [1.165, 1.54) is 19.2 Å². The fraction of sp³-hybridized carbons (Fsp3) is 0.462. The molecule has 1 aliphatic carbocycles. The minimum absolute atomic E-state index is 0.0448. The molecule has 0 spiro atoms. The number of rotatable bonds is 7. The minimum atomic E-state index is -4.34. The topological polar surface area (TPSA) is 102 Å². The van der Waals surface area contributed by atoms with Gasteiger partial charge in [0.2, 0.25) is 0 Å². The van der Waals surface area contributed by atoms with Crippen molar-refractivity contribution in [1.82, 2.24) is 4.90 Å². The molecule has 2 aromatic rings. The normalized spacial score (nSPS) is 22.7. The van der Waals surface area contributed by atoms with Crippen molar-refractivity contribution in [2.24, 2.45) is 10.8 Å². The van der Waals surface area contributed by atoms with Gasteiger partial charge in [0, 0.05) is 18.3 Å². The fourth-order valence-corrected chi connectivity index (χ4v) is 6.91. The first-order chi connectivity index (χ1) is 16.8. The molecule has 1 heterocycles. The standard InChI is InChI=1S/C26H31FN2O6S/c1-25(2)12-19-13-26(3,15-25)16-29(19)23(30)14-35-24(31)17-5-10-21(27)22(11-17)36(32,33)28-18-6-8-20(34-4)9-7-18/h5-11,19,28H,12-16H2,1-4H3. The zero-order valence-electron chi connectivity index (χ0n) is 20.8. The lowest BCUT2D eigenvalue weighted by molar-refractivity contribution is -0.135. The largest absolute Gasteiger partial charge is 0.497 e. The van der Waals surface area contributed by atoms with E-state index in [9.17, 15) is 22.4 Å². The average Bonchev–Trinajstić information content (AvgIpc) is 3.06. The number of hydrogen-bond acceptors (Lipinski definition) is 6. The number of hydrogen-bond donors (Lipinski definition) is 1. The van der Waals surface area contributed by atoms with Crippen molar-refractivity contribution in [3.63, 3.8) is 0 Å². The molecule has 1 aliphatic heterocycles. The summed E-state index contributed by atoms with van der Waals surface area (Å²) in [6, 6.07) is 9.05. The summed E-state index contributed by atoms with van der Waals surface area (Å²) in [6.45, 7) is 6.74. The third-order valence-electron chi connectivity index (χ3n) is 6.86. The number of carbonyl (C=O) groups excluding carboxylic acids is 2. The Kier molecular flexibility index (Phi) is 6.76. The maximum atomic E-state index is 14.4. The van der Waals surface area contributed by atoms with Crippen LogP contribution in [0.1, 0.15) is 50.4 Å². The number of methoxy groups -OCH3 is 1. The van der Waals surface area contributed by atoms with Crippen LogP contribution in [0.25, 0.3) is 0 Å². The predicted octanol–water partition coefficient (Wildman–Crippen LogP) is 4.22. The number of nitrogens with zero attached hydrogens (tertiary/aromatic N) is 1. The number of sulfonamides is 1. The van der Waals surface area contributed by atoms with E-state index in [4.69, 9.17) is 9.47 Å². The Morgan fingerprint density at radius 3 is 2.47 bits per heavy atom. The van der Waals surface area contributed by atoms with Crippen LogP contribution in [-0.2, 0) is 19.6 Å². The predicted molar refractivity (Wildman–Crippen MR) is 132 cm³/mol. The molecule has 2 bridgehead atoms. The smallest absolute Gasteiger partial charge is 0.338 e. The second-order valence-corrected chi connectivity index (χ2v) is 12.4. The Hall–Kier alpha value is -3.14. The molecule has 0 radical (unpaired) electrons. The van der Waals surface area contributed by atoms with Crippen LogP contribution in [0.2, 0.25) is 0 Å². The summed E-state index contributed by atoms with van der Waals surface area (Å²) in [7, 11) is -2.86. The third-order valence-corrected chi connectivity index (χ3v) is 8.26. The first kappa shape index (κ1) is 25.9. The molecular formula is C26H31FN2O6S. The third kappa shape index (κ3) is 5.48. The first-order valence-corrected chi connectivity index (χ1v) is 13.2. The number of nitrogens with one attached hydrogen (secondary N) is 1. The summed E-state index contributed by atoms with van der Waals surface area (Å²) in [4.78, 5) is 26.6. The number of ether oxygens (including phenoxy) is 2. The molecule has 4 rings (SSSR count). The van der Waals surface area contributed by atoms with Gasteiger partial charge in [0.05, 0.1) is 12.7 Å². The number of likely N-dealkylation sites (tertiary alicyclic amines) is 1. The molecule has 2 atom stereocenters. The Morgan fingerprint density at radius 2 is 1.81 bits per heavy atom. The second-order valence-electron chi connectivity index (χ2n) is 10.8. The molecule has 10 heteroatoms. The number of amides is 1. The van der Waals surface area contributed by atoms with Gasteiger partial charge in [-0.05, 0) is 72.6 Å². The van der Waals surface area contributed by atoms with E-state index in [1.54, 1.807) is 17.0 Å². The molecule has 2 aromatic carbocycles. The van der Waals surface area contributed by atoms with Gasteiger partial charge in [0.25, 0.3) is 15.9 Å². The van der Waals surface area contributed by atoms with Crippen molar-refractivity contribution in [3.05, 3.63) is 53.8 Å². The molecule has 194 valence electrons. The van der Waals surface area contributed by atoms with Crippen molar-refractivity contribution < 1.29 is 31.9 Å². The number of carbonyl (C=O) groups is 2. The van der Waals surface area contributed by atoms with Crippen molar-refractivity contribution >= 4 is 27.6 Å². The second kappa shape index (κ2) is 9.38. The lowest BCUT2D eigenvalue weighted by atomic mass is 9.65. The molecule has 2 fully saturated rings. The maximum absolute atomic E-state index is 14.4. The Morgan fingerprint density at radius 1 is 1.11 bits per heavy atom. The lowest BCUT2D eigenvalue weighted by Gasteiger charge is -2.39. The van der Waals surface area contributed by atoms with Crippen LogP contribution in [0.3, 0.4) is 0 Å². The quantitative estimate of drug-likeness (QED) is 0.551. The van der Waals surface area contributed by atoms with E-state index in [0.29, 0.717) is 12.3 Å². The van der Waals surface area contributed by atoms with E-state index in [1.807, 2.05) is 0 Å². The molecule has 2 unspecified atom stereocenters. The van der Waals surface area contributed by atoms with E-state index >= 15 is 0 Å². The highest BCUT2D eigenvalue weighted by molar-refractivity contribution is 7.92. The molecule has 8 nitrogen and oxygen atoms in total. The fourth-order valence-electron chi connectivity index (χ4n) is 5.75. The van der Waals surface area contributed by atoms with Crippen molar-refractivity contribution in [2.75, 3.05) is 25.0 Å². The summed E-state index contributed by atoms with van der Waals surface area (Å²) in [6.07, 6.45) is 2.84. The van der Waals surface area contributed by atoms with Gasteiger partial charge < -0.3 is 14.4 Å². The van der Waals surface area contributed by atoms with Gasteiger partial charge >= 0.3 is 5.97 Å². The molecule has 1 saturated heterocycles. The Labute approximate surface area is 210 Å². The summed E-state index contributed by atoms with van der Waals surface area (Å²) in [5, 5.41) is 0. The lowest BCUT2D eigenvalue weighted by Crippen LogP contribution is -2.39. The highest BCUT2D eigenvalue weighted by atomic mass is 32.2. The maximum Gasteiger partial charge on any atom is 0.338 e. The van der Waals surface area contributed by atoms with Crippen LogP contribution in [0.15, 0.2) is 47.4 Å². The van der Waals surface area contributed by atoms with E-state index in [0.717, 1.165) is 37.5 Å². The summed E-state index contributed by atoms with van der Waals surface area (Å²) in [5.74, 6) is -1.69. The van der Waals surface area contributed by atoms with Gasteiger partial charge in [-0.15, -0.1) is 0 Å². The Bertz CT molecular complexity index is 1280. The van der Waals surface area contributed by atoms with Gasteiger partial charge in [-0.2, -0.15) is 0 Å². The molecule has 36 heavy (non-hydrogen) atoms. The molecule has 1 saturated carbocycles. The minimum Gasteiger partial charge on any atom is -0.497 e. The van der Waals surface area contributed by atoms with Crippen molar-refractivity contribution in [3.8, 4) is 5.75 Å². The zero-order valence-corrected chi connectivity index (χ0v) is 21.7. The molecule has 0 aromatic heterocycles. The number of halogens is 1. The summed E-state index contributed by atoms with van der Waals surface area (Å²) >= 11 is 0. The van der Waals surface area contributed by atoms with Crippen LogP contribution in [-0.4, -0.2) is 51.5 Å². The van der Waals surface area contributed by atoms with Gasteiger partial charge in [-0.25, -0.2) is 17.6 Å². The molecular weight excluding hydrogens is 487 g/mol. The first-order valence-electron chi connectivity index (χ1n) is 11.7.